The van der Waals surface area contributed by atoms with Crippen molar-refractivity contribution in [2.45, 2.75) is 179 Å². The number of rotatable bonds is 25. The number of ether oxygens (including phenoxy) is 4. The van der Waals surface area contributed by atoms with Crippen molar-refractivity contribution >= 4 is 71.6 Å². The molecule has 2 aromatic rings. The van der Waals surface area contributed by atoms with Gasteiger partial charge in [-0.15, -0.1) is 4.18 Å². The fourth-order valence-corrected chi connectivity index (χ4v) is 24.6. The average molecular weight is 966 g/mol. The van der Waals surface area contributed by atoms with Crippen LogP contribution >= 0.6 is 0 Å². The van der Waals surface area contributed by atoms with E-state index in [1.165, 1.54) is 15.9 Å². The van der Waals surface area contributed by atoms with Crippen LogP contribution in [0, 0.1) is 11.3 Å². The first-order chi connectivity index (χ1) is 29.1. The minimum Gasteiger partial charge on any atom is -0.463 e. The van der Waals surface area contributed by atoms with Crippen molar-refractivity contribution in [2.24, 2.45) is 11.3 Å². The lowest BCUT2D eigenvalue weighted by Gasteiger charge is -2.60. The monoisotopic (exact) mass is 964 g/mol. The predicted octanol–water partition coefficient (Wildman–Crippen LogP) is 8.75. The summed E-state index contributed by atoms with van der Waals surface area (Å²) in [5.41, 5.74) is -0.598. The Hall–Kier alpha value is -1.51. The summed E-state index contributed by atoms with van der Waals surface area (Å²) in [5, 5.41) is 1.60. The molecule has 3 aliphatic heterocycles. The highest BCUT2D eigenvalue weighted by molar-refractivity contribution is 7.76. The molecule has 0 N–H and O–H groups in total. The molecule has 0 radical (unpaired) electrons. The van der Waals surface area contributed by atoms with Crippen molar-refractivity contribution in [1.29, 1.82) is 0 Å². The number of hydrogen-bond donors (Lipinski definition) is 0. The highest BCUT2D eigenvalue weighted by atomic mass is 32.2. The Kier molecular flexibility index (Phi) is 16.3. The summed E-state index contributed by atoms with van der Waals surface area (Å²) in [5.74, 6) is -1.57. The van der Waals surface area contributed by atoms with Gasteiger partial charge < -0.3 is 23.4 Å². The number of carbonyl (C=O) groups excluding carboxylic acids is 2. The molecule has 3 heterocycles. The zero-order chi connectivity index (χ0) is 46.9. The second-order valence-corrected chi connectivity index (χ2v) is 38.1. The highest BCUT2D eigenvalue weighted by Crippen LogP contribution is 2.60. The van der Waals surface area contributed by atoms with Crippen LogP contribution in [0.1, 0.15) is 108 Å². The highest BCUT2D eigenvalue weighted by Gasteiger charge is 2.70. The SMILES string of the molecule is CC[Si](CC)(OC(C)(C)C1(C)Cc2cccc(c2)[Si]1(O[SH+]C(C)(C)CC(C)(C)C(CC(=O)OCC1CO1)C(=O)OCC1CO1)c1ccccc1)C(C)(C)C(C)(C)O[SH+]O[Si](C)(C)C. The normalized spacial score (nSPS) is 23.6. The van der Waals surface area contributed by atoms with Gasteiger partial charge in [-0.2, -0.15) is 0 Å². The van der Waals surface area contributed by atoms with E-state index in [0.29, 0.717) is 32.0 Å². The Morgan fingerprint density at radius 1 is 0.841 bits per heavy atom. The van der Waals surface area contributed by atoms with Crippen LogP contribution in [0.4, 0.5) is 0 Å². The minimum atomic E-state index is -3.26. The number of fused-ring (bicyclic) bond motifs is 2. The minimum absolute atomic E-state index is 0.0635. The summed E-state index contributed by atoms with van der Waals surface area (Å²) in [6, 6.07) is 21.7. The molecule has 0 saturated carbocycles. The second kappa shape index (κ2) is 19.6. The lowest BCUT2D eigenvalue weighted by molar-refractivity contribution is -0.160. The van der Waals surface area contributed by atoms with Gasteiger partial charge in [0.2, 0.25) is 8.32 Å². The van der Waals surface area contributed by atoms with Gasteiger partial charge in [0.15, 0.2) is 4.75 Å². The average Bonchev–Trinajstić information content (AvgIpc) is 4.13. The van der Waals surface area contributed by atoms with E-state index in [4.69, 9.17) is 35.3 Å². The van der Waals surface area contributed by atoms with Crippen LogP contribution in [0.5, 0.6) is 0 Å². The first-order valence-electron chi connectivity index (χ1n) is 23.0. The Balaban J connectivity index is 1.52. The third-order valence-corrected chi connectivity index (χ3v) is 30.4. The molecule has 2 bridgehead atoms. The molecular formula is C48H80O10S2Si3+2. The first-order valence-corrected chi connectivity index (χ1v) is 32.2. The quantitative estimate of drug-likeness (QED) is 0.0315. The molecular weight excluding hydrogens is 885 g/mol. The van der Waals surface area contributed by atoms with Gasteiger partial charge in [-0.25, -0.2) is 7.74 Å². The Labute approximate surface area is 391 Å². The van der Waals surface area contributed by atoms with Gasteiger partial charge in [-0.3, -0.25) is 9.59 Å². The summed E-state index contributed by atoms with van der Waals surface area (Å²) >= 11 is 1.34. The number of carbonyl (C=O) groups is 2. The molecule has 63 heavy (non-hydrogen) atoms. The molecule has 0 amide bonds. The van der Waals surface area contributed by atoms with Crippen molar-refractivity contribution in [1.82, 2.24) is 0 Å². The summed E-state index contributed by atoms with van der Waals surface area (Å²) in [4.78, 5) is 27.1. The molecule has 354 valence electrons. The zero-order valence-electron chi connectivity index (χ0n) is 41.3. The van der Waals surface area contributed by atoms with Gasteiger partial charge in [0, 0.05) is 16.5 Å². The third-order valence-electron chi connectivity index (χ3n) is 14.6. The van der Waals surface area contributed by atoms with Crippen molar-refractivity contribution in [3.05, 3.63) is 60.2 Å². The number of hydrogen-bond acceptors (Lipinski definition) is 10. The topological polar surface area (TPSA) is 115 Å². The second-order valence-electron chi connectivity index (χ2n) is 22.2. The van der Waals surface area contributed by atoms with Gasteiger partial charge >= 0.3 is 20.3 Å². The van der Waals surface area contributed by atoms with Gasteiger partial charge in [-0.05, 0) is 101 Å². The largest absolute Gasteiger partial charge is 0.463 e. The van der Waals surface area contributed by atoms with Gasteiger partial charge in [-0.1, -0.05) is 103 Å². The van der Waals surface area contributed by atoms with Crippen molar-refractivity contribution < 1.29 is 44.9 Å². The summed E-state index contributed by atoms with van der Waals surface area (Å²) in [6.07, 6.45) is 1.12. The molecule has 2 aromatic carbocycles. The molecule has 10 nitrogen and oxygen atoms in total. The van der Waals surface area contributed by atoms with Crippen molar-refractivity contribution in [3.63, 3.8) is 0 Å². The Bertz CT molecular complexity index is 1870. The standard InChI is InChI=1S/C48H78O10S2Si3/c1-17-62(18-2,47(11,12)45(7,8)55-60-58-61(14,15)16)56-46(9,10)48(13)29-35-23-22-26-39(27-35)63(48,38-24-20-19-21-25-38)57-59-44(5,6)34-43(3,4)40(42(50)54-33-37-31-52-37)28-41(49)53-32-36-30-51-36/h19-27,36-37,40H,17-18,28-34H2,1-16H3/p+2. The van der Waals surface area contributed by atoms with Crippen molar-refractivity contribution in [2.75, 3.05) is 26.4 Å². The van der Waals surface area contributed by atoms with Crippen LogP contribution in [-0.2, 0) is 75.7 Å². The van der Waals surface area contributed by atoms with Crippen LogP contribution in [-0.4, -0.2) is 91.5 Å². The number of thiol groups is 2. The van der Waals surface area contributed by atoms with Gasteiger partial charge in [0.1, 0.15) is 43.1 Å². The van der Waals surface area contributed by atoms with Gasteiger partial charge in [0.25, 0.3) is 20.6 Å². The first kappa shape index (κ1) is 52.5. The number of epoxide rings is 2. The van der Waals surface area contributed by atoms with Crippen LogP contribution in [0.2, 0.25) is 41.8 Å². The van der Waals surface area contributed by atoms with E-state index in [9.17, 15) is 9.59 Å². The summed E-state index contributed by atoms with van der Waals surface area (Å²) in [6.45, 7) is 37.4. The fraction of sp³-hybridized carbons (Fsp3) is 0.708. The Morgan fingerprint density at radius 3 is 1.97 bits per heavy atom. The zero-order valence-corrected chi connectivity index (χ0v) is 46.1. The molecule has 0 spiro atoms. The fourth-order valence-electron chi connectivity index (χ4n) is 9.80. The molecule has 2 saturated heterocycles. The molecule has 5 rings (SSSR count). The van der Waals surface area contributed by atoms with Crippen LogP contribution in [0.25, 0.3) is 0 Å². The molecule has 0 aromatic heterocycles. The van der Waals surface area contributed by atoms with Gasteiger partial charge in [0.05, 0.1) is 31.2 Å². The van der Waals surface area contributed by atoms with Crippen molar-refractivity contribution in [3.8, 4) is 0 Å². The van der Waals surface area contributed by atoms with Crippen LogP contribution in [0.15, 0.2) is 54.6 Å². The number of esters is 2. The van der Waals surface area contributed by atoms with E-state index in [0.717, 1.165) is 30.6 Å². The predicted molar refractivity (Wildman–Crippen MR) is 266 cm³/mol. The van der Waals surface area contributed by atoms with E-state index in [1.807, 2.05) is 0 Å². The smallest absolute Gasteiger partial charge is 0.338 e. The maximum atomic E-state index is 13.9. The Morgan fingerprint density at radius 2 is 1.41 bits per heavy atom. The van der Waals surface area contributed by atoms with Crippen LogP contribution in [0.3, 0.4) is 0 Å². The van der Waals surface area contributed by atoms with Crippen LogP contribution < -0.4 is 10.4 Å². The molecule has 15 heteroatoms. The lowest BCUT2D eigenvalue weighted by Crippen LogP contribution is -2.76. The van der Waals surface area contributed by atoms with E-state index in [1.54, 1.807) is 0 Å². The number of benzene rings is 2. The molecule has 5 unspecified atom stereocenters. The van der Waals surface area contributed by atoms with E-state index in [2.05, 4.69) is 164 Å². The van der Waals surface area contributed by atoms with E-state index >= 15 is 0 Å². The summed E-state index contributed by atoms with van der Waals surface area (Å²) in [7, 11) is -7.74. The maximum Gasteiger partial charge on any atom is 0.338 e. The molecule has 5 atom stereocenters. The third kappa shape index (κ3) is 11.8. The molecule has 2 fully saturated rings. The lowest BCUT2D eigenvalue weighted by atomic mass is 9.71. The molecule has 0 aliphatic carbocycles. The molecule has 3 aliphatic rings. The maximum absolute atomic E-state index is 13.9. The summed E-state index contributed by atoms with van der Waals surface area (Å²) < 4.78 is 50.3. The van der Waals surface area contributed by atoms with E-state index < -0.39 is 69.2 Å². The van der Waals surface area contributed by atoms with E-state index in [-0.39, 0.29) is 36.9 Å².